The van der Waals surface area contributed by atoms with Gasteiger partial charge in [-0.25, -0.2) is 0 Å². The third-order valence-corrected chi connectivity index (χ3v) is 3.40. The Kier molecular flexibility index (Phi) is 5.22. The first-order valence-corrected chi connectivity index (χ1v) is 6.52. The van der Waals surface area contributed by atoms with Crippen LogP contribution < -0.4 is 5.32 Å². The standard InChI is InChI=1S/C13H28N2O/c1-11(2)14-13(3,10-16)9-15(4)8-12-6-5-7-12/h11-12,14,16H,5-10H2,1-4H3. The summed E-state index contributed by atoms with van der Waals surface area (Å²) in [4.78, 5) is 2.36. The molecular weight excluding hydrogens is 200 g/mol. The first-order chi connectivity index (χ1) is 7.45. The van der Waals surface area contributed by atoms with Crippen LogP contribution >= 0.6 is 0 Å². The molecule has 0 bridgehead atoms. The Hall–Kier alpha value is -0.120. The molecule has 1 saturated carbocycles. The predicted molar refractivity (Wildman–Crippen MR) is 68.6 cm³/mol. The van der Waals surface area contributed by atoms with Crippen LogP contribution in [-0.2, 0) is 0 Å². The van der Waals surface area contributed by atoms with Crippen LogP contribution in [0.5, 0.6) is 0 Å². The van der Waals surface area contributed by atoms with Gasteiger partial charge in [-0.3, -0.25) is 0 Å². The summed E-state index contributed by atoms with van der Waals surface area (Å²) in [6.07, 6.45) is 4.18. The summed E-state index contributed by atoms with van der Waals surface area (Å²) >= 11 is 0. The minimum atomic E-state index is -0.174. The van der Waals surface area contributed by atoms with E-state index in [-0.39, 0.29) is 12.1 Å². The average Bonchev–Trinajstić information content (AvgIpc) is 2.10. The molecule has 1 atom stereocenters. The quantitative estimate of drug-likeness (QED) is 0.692. The van der Waals surface area contributed by atoms with Gasteiger partial charge in [0.15, 0.2) is 0 Å². The predicted octanol–water partition coefficient (Wildman–Crippen LogP) is 1.47. The van der Waals surface area contributed by atoms with E-state index in [0.29, 0.717) is 6.04 Å². The molecule has 1 aliphatic carbocycles. The van der Waals surface area contributed by atoms with Gasteiger partial charge < -0.3 is 15.3 Å². The van der Waals surface area contributed by atoms with Gasteiger partial charge in [0, 0.05) is 19.1 Å². The lowest BCUT2D eigenvalue weighted by atomic mass is 9.85. The van der Waals surface area contributed by atoms with Crippen LogP contribution in [0.4, 0.5) is 0 Å². The molecule has 0 aliphatic heterocycles. The van der Waals surface area contributed by atoms with E-state index in [4.69, 9.17) is 0 Å². The molecule has 0 aromatic carbocycles. The highest BCUT2D eigenvalue weighted by Crippen LogP contribution is 2.27. The monoisotopic (exact) mass is 228 g/mol. The number of aliphatic hydroxyl groups excluding tert-OH is 1. The van der Waals surface area contributed by atoms with E-state index < -0.39 is 0 Å². The summed E-state index contributed by atoms with van der Waals surface area (Å²) < 4.78 is 0. The topological polar surface area (TPSA) is 35.5 Å². The van der Waals surface area contributed by atoms with Crippen LogP contribution in [0, 0.1) is 5.92 Å². The summed E-state index contributed by atoms with van der Waals surface area (Å²) in [5, 5.41) is 13.0. The van der Waals surface area contributed by atoms with E-state index in [0.717, 1.165) is 12.5 Å². The first-order valence-electron chi connectivity index (χ1n) is 6.52. The van der Waals surface area contributed by atoms with Crippen molar-refractivity contribution in [2.75, 3.05) is 26.7 Å². The van der Waals surface area contributed by atoms with E-state index >= 15 is 0 Å². The number of hydrogen-bond donors (Lipinski definition) is 2. The second kappa shape index (κ2) is 5.99. The summed E-state index contributed by atoms with van der Waals surface area (Å²) in [6, 6.07) is 0.411. The van der Waals surface area contributed by atoms with Gasteiger partial charge in [0.25, 0.3) is 0 Å². The highest BCUT2D eigenvalue weighted by Gasteiger charge is 2.27. The van der Waals surface area contributed by atoms with Crippen molar-refractivity contribution in [2.24, 2.45) is 5.92 Å². The normalized spacial score (nSPS) is 21.2. The maximum atomic E-state index is 9.50. The summed E-state index contributed by atoms with van der Waals surface area (Å²) in [5.74, 6) is 0.895. The molecule has 96 valence electrons. The summed E-state index contributed by atoms with van der Waals surface area (Å²) in [6.45, 7) is 8.64. The number of nitrogens with one attached hydrogen (secondary N) is 1. The Labute approximate surface area is 100 Å². The Morgan fingerprint density at radius 3 is 2.44 bits per heavy atom. The van der Waals surface area contributed by atoms with Crippen LogP contribution in [0.1, 0.15) is 40.0 Å². The van der Waals surface area contributed by atoms with E-state index in [1.54, 1.807) is 0 Å². The SMILES string of the molecule is CC(C)NC(C)(CO)CN(C)CC1CCC1. The van der Waals surface area contributed by atoms with Gasteiger partial charge >= 0.3 is 0 Å². The second-order valence-corrected chi connectivity index (χ2v) is 6.01. The Morgan fingerprint density at radius 2 is 2.06 bits per heavy atom. The van der Waals surface area contributed by atoms with Gasteiger partial charge in [-0.15, -0.1) is 0 Å². The van der Waals surface area contributed by atoms with Crippen molar-refractivity contribution >= 4 is 0 Å². The fourth-order valence-electron chi connectivity index (χ4n) is 2.61. The molecule has 16 heavy (non-hydrogen) atoms. The summed E-state index contributed by atoms with van der Waals surface area (Å²) in [5.41, 5.74) is -0.174. The lowest BCUT2D eigenvalue weighted by Gasteiger charge is -2.37. The Morgan fingerprint density at radius 1 is 1.44 bits per heavy atom. The fourth-order valence-corrected chi connectivity index (χ4v) is 2.61. The minimum Gasteiger partial charge on any atom is -0.394 e. The Balaban J connectivity index is 2.34. The molecule has 0 aromatic heterocycles. The first kappa shape index (κ1) is 13.9. The number of hydrogen-bond acceptors (Lipinski definition) is 3. The molecule has 0 amide bonds. The molecule has 1 aliphatic rings. The maximum absolute atomic E-state index is 9.50. The number of aliphatic hydroxyl groups is 1. The molecule has 1 unspecified atom stereocenters. The Bertz CT molecular complexity index is 204. The van der Waals surface area contributed by atoms with Crippen LogP contribution in [0.25, 0.3) is 0 Å². The lowest BCUT2D eigenvalue weighted by molar-refractivity contribution is 0.107. The molecule has 2 N–H and O–H groups in total. The molecule has 0 saturated heterocycles. The highest BCUT2D eigenvalue weighted by molar-refractivity contribution is 4.87. The molecule has 3 heteroatoms. The van der Waals surface area contributed by atoms with E-state index in [1.807, 2.05) is 0 Å². The average molecular weight is 228 g/mol. The fraction of sp³-hybridized carbons (Fsp3) is 1.00. The van der Waals surface area contributed by atoms with Crippen molar-refractivity contribution in [3.05, 3.63) is 0 Å². The zero-order valence-electron chi connectivity index (χ0n) is 11.3. The van der Waals surface area contributed by atoms with Crippen LogP contribution in [0.2, 0.25) is 0 Å². The van der Waals surface area contributed by atoms with Crippen molar-refractivity contribution in [1.29, 1.82) is 0 Å². The van der Waals surface area contributed by atoms with Gasteiger partial charge in [0.2, 0.25) is 0 Å². The third-order valence-electron chi connectivity index (χ3n) is 3.40. The van der Waals surface area contributed by atoms with Crippen molar-refractivity contribution < 1.29 is 5.11 Å². The second-order valence-electron chi connectivity index (χ2n) is 6.01. The van der Waals surface area contributed by atoms with Gasteiger partial charge in [0.1, 0.15) is 0 Å². The smallest absolute Gasteiger partial charge is 0.0623 e. The van der Waals surface area contributed by atoms with E-state index in [2.05, 4.69) is 38.0 Å². The van der Waals surface area contributed by atoms with Crippen molar-refractivity contribution in [3.63, 3.8) is 0 Å². The summed E-state index contributed by atoms with van der Waals surface area (Å²) in [7, 11) is 2.16. The number of likely N-dealkylation sites (N-methyl/N-ethyl adjacent to an activating group) is 1. The molecule has 1 rings (SSSR count). The largest absolute Gasteiger partial charge is 0.394 e. The highest BCUT2D eigenvalue weighted by atomic mass is 16.3. The van der Waals surface area contributed by atoms with Crippen LogP contribution in [0.3, 0.4) is 0 Å². The van der Waals surface area contributed by atoms with Gasteiger partial charge in [-0.2, -0.15) is 0 Å². The van der Waals surface area contributed by atoms with Crippen LogP contribution in [-0.4, -0.2) is 48.3 Å². The van der Waals surface area contributed by atoms with Gasteiger partial charge in [-0.05, 0) is 32.7 Å². The molecule has 0 radical (unpaired) electrons. The molecule has 0 spiro atoms. The van der Waals surface area contributed by atoms with Gasteiger partial charge in [-0.1, -0.05) is 20.3 Å². The number of rotatable bonds is 7. The molecular formula is C13H28N2O. The van der Waals surface area contributed by atoms with E-state index in [9.17, 15) is 5.11 Å². The third kappa shape index (κ3) is 4.40. The van der Waals surface area contributed by atoms with Crippen LogP contribution in [0.15, 0.2) is 0 Å². The molecule has 0 heterocycles. The zero-order valence-corrected chi connectivity index (χ0v) is 11.3. The maximum Gasteiger partial charge on any atom is 0.0623 e. The minimum absolute atomic E-state index is 0.174. The molecule has 1 fully saturated rings. The number of nitrogens with zero attached hydrogens (tertiary/aromatic N) is 1. The van der Waals surface area contributed by atoms with Gasteiger partial charge in [0.05, 0.1) is 12.1 Å². The molecule has 0 aromatic rings. The van der Waals surface area contributed by atoms with E-state index in [1.165, 1.54) is 25.8 Å². The van der Waals surface area contributed by atoms with Crippen molar-refractivity contribution in [2.45, 2.75) is 51.6 Å². The lowest BCUT2D eigenvalue weighted by Crippen LogP contribution is -2.56. The zero-order chi connectivity index (χ0) is 12.2. The van der Waals surface area contributed by atoms with Crippen molar-refractivity contribution in [3.8, 4) is 0 Å². The van der Waals surface area contributed by atoms with Crippen molar-refractivity contribution in [1.82, 2.24) is 10.2 Å². The molecule has 3 nitrogen and oxygen atoms in total.